The van der Waals surface area contributed by atoms with E-state index >= 15 is 0 Å². The van der Waals surface area contributed by atoms with E-state index in [1.165, 1.54) is 73.8 Å². The summed E-state index contributed by atoms with van der Waals surface area (Å²) < 4.78 is 7.80. The Kier molecular flexibility index (Phi) is 8.32. The van der Waals surface area contributed by atoms with Gasteiger partial charge in [0.1, 0.15) is 10.0 Å². The van der Waals surface area contributed by atoms with Gasteiger partial charge in [-0.05, 0) is 136 Å². The topological polar surface area (TPSA) is 16.3 Å². The average molecular weight is 815 g/mol. The first kappa shape index (κ1) is 36.7. The molecule has 11 rings (SSSR count). The Bertz CT molecular complexity index is 3180. The minimum absolute atomic E-state index is 0.168. The van der Waals surface area contributed by atoms with Gasteiger partial charge >= 0.3 is 0 Å². The van der Waals surface area contributed by atoms with Gasteiger partial charge in [0.05, 0.1) is 31.5 Å². The summed E-state index contributed by atoms with van der Waals surface area (Å²) in [4.78, 5) is 4.86. The molecule has 0 aliphatic rings. The number of thiophene rings is 2. The molecule has 6 heteroatoms. The second kappa shape index (κ2) is 13.6. The summed E-state index contributed by atoms with van der Waals surface area (Å²) in [5.74, 6) is 0. The van der Waals surface area contributed by atoms with Crippen LogP contribution in [0, 0.1) is 0 Å². The normalized spacial score (nSPS) is 12.5. The van der Waals surface area contributed by atoms with E-state index in [9.17, 15) is 0 Å². The highest BCUT2D eigenvalue weighted by atomic mass is 32.1. The minimum Gasteiger partial charge on any atom is -0.334 e. The van der Waals surface area contributed by atoms with E-state index in [0.29, 0.717) is 0 Å². The number of fused-ring (bicyclic) bond motifs is 8. The largest absolute Gasteiger partial charge is 0.334 e. The third kappa shape index (κ3) is 5.92. The van der Waals surface area contributed by atoms with Crippen molar-refractivity contribution in [1.82, 2.24) is 9.13 Å². The van der Waals surface area contributed by atoms with Crippen molar-refractivity contribution in [3.8, 4) is 0 Å². The van der Waals surface area contributed by atoms with Gasteiger partial charge < -0.3 is 18.9 Å². The zero-order valence-corrected chi connectivity index (χ0v) is 36.4. The molecule has 0 aliphatic heterocycles. The standard InChI is InChI=1S/C54H46N4S2/c1-53(2,3)57-45-31-44-46(32-43(45)51-47(57)33-49(59-51)55(39-21-9-7-10-22-39)41-27-25-35-17-13-15-19-37(35)29-41)58(54(4,5)6)48-34-50(60-52(44)48)56(40-23-11-8-12-24-40)42-28-26-36-18-14-16-20-38(36)30-42/h7-34H,1-6H3. The van der Waals surface area contributed by atoms with E-state index in [-0.39, 0.29) is 11.1 Å². The van der Waals surface area contributed by atoms with Gasteiger partial charge in [0, 0.05) is 44.6 Å². The average Bonchev–Trinajstić information content (AvgIpc) is 3.99. The van der Waals surface area contributed by atoms with E-state index in [2.05, 4.69) is 230 Å². The van der Waals surface area contributed by atoms with E-state index in [1.807, 2.05) is 22.7 Å². The second-order valence-electron chi connectivity index (χ2n) is 17.9. The predicted molar refractivity (Wildman–Crippen MR) is 263 cm³/mol. The Balaban J connectivity index is 1.14. The maximum absolute atomic E-state index is 2.58. The van der Waals surface area contributed by atoms with E-state index in [4.69, 9.17) is 0 Å². The molecule has 4 nitrogen and oxygen atoms in total. The molecule has 0 bridgehead atoms. The quantitative estimate of drug-likeness (QED) is 0.166. The molecule has 294 valence electrons. The van der Waals surface area contributed by atoms with Crippen molar-refractivity contribution in [2.75, 3.05) is 9.80 Å². The lowest BCUT2D eigenvalue weighted by Crippen LogP contribution is -2.21. The maximum Gasteiger partial charge on any atom is 0.103 e. The van der Waals surface area contributed by atoms with Gasteiger partial charge in [-0.25, -0.2) is 0 Å². The predicted octanol–water partition coefficient (Wildman–Crippen LogP) is 16.8. The third-order valence-electron chi connectivity index (χ3n) is 11.8. The molecule has 60 heavy (non-hydrogen) atoms. The second-order valence-corrected chi connectivity index (χ2v) is 20.0. The van der Waals surface area contributed by atoms with Gasteiger partial charge in [0.15, 0.2) is 0 Å². The molecule has 0 amide bonds. The number of hydrogen-bond donors (Lipinski definition) is 0. The molecule has 0 fully saturated rings. The number of para-hydroxylation sites is 2. The fourth-order valence-corrected chi connectivity index (χ4v) is 11.7. The first-order valence-corrected chi connectivity index (χ1v) is 22.4. The molecule has 0 N–H and O–H groups in total. The lowest BCUT2D eigenvalue weighted by atomic mass is 10.1. The lowest BCUT2D eigenvalue weighted by molar-refractivity contribution is 0.422. The third-order valence-corrected chi connectivity index (χ3v) is 14.0. The molecular formula is C54H46N4S2. The van der Waals surface area contributed by atoms with Crippen molar-refractivity contribution < 1.29 is 0 Å². The Morgan fingerprint density at radius 2 is 0.717 bits per heavy atom. The first-order valence-electron chi connectivity index (χ1n) is 20.8. The molecule has 4 aromatic heterocycles. The highest BCUT2D eigenvalue weighted by Gasteiger charge is 2.29. The van der Waals surface area contributed by atoms with Crippen molar-refractivity contribution in [1.29, 1.82) is 0 Å². The first-order chi connectivity index (χ1) is 29.0. The van der Waals surface area contributed by atoms with Crippen LogP contribution in [0.1, 0.15) is 41.5 Å². The van der Waals surface area contributed by atoms with E-state index < -0.39 is 0 Å². The summed E-state index contributed by atoms with van der Waals surface area (Å²) in [5.41, 5.74) is 9.36. The van der Waals surface area contributed by atoms with Crippen molar-refractivity contribution in [2.45, 2.75) is 52.6 Å². The van der Waals surface area contributed by atoms with Crippen LogP contribution >= 0.6 is 22.7 Å². The molecule has 0 radical (unpaired) electrons. The van der Waals surface area contributed by atoms with Crippen LogP contribution in [0.25, 0.3) is 63.8 Å². The Morgan fingerprint density at radius 3 is 1.10 bits per heavy atom. The smallest absolute Gasteiger partial charge is 0.103 e. The molecule has 0 atom stereocenters. The Morgan fingerprint density at radius 1 is 0.350 bits per heavy atom. The Labute approximate surface area is 358 Å². The van der Waals surface area contributed by atoms with Gasteiger partial charge in [0.2, 0.25) is 0 Å². The summed E-state index contributed by atoms with van der Waals surface area (Å²) in [6, 6.07) is 62.4. The molecule has 0 saturated heterocycles. The minimum atomic E-state index is -0.168. The van der Waals surface area contributed by atoms with Crippen LogP contribution in [0.2, 0.25) is 0 Å². The highest BCUT2D eigenvalue weighted by molar-refractivity contribution is 7.24. The summed E-state index contributed by atoms with van der Waals surface area (Å²) in [5, 5.41) is 9.96. The number of aromatic nitrogens is 2. The zero-order chi connectivity index (χ0) is 40.9. The molecule has 0 spiro atoms. The number of rotatable bonds is 6. The lowest BCUT2D eigenvalue weighted by Gasteiger charge is -2.26. The van der Waals surface area contributed by atoms with Gasteiger partial charge in [-0.3, -0.25) is 0 Å². The number of hydrogen-bond acceptors (Lipinski definition) is 4. The highest BCUT2D eigenvalue weighted by Crippen LogP contribution is 2.51. The maximum atomic E-state index is 2.58. The van der Waals surface area contributed by atoms with Gasteiger partial charge in [-0.1, -0.05) is 97.1 Å². The van der Waals surface area contributed by atoms with Crippen molar-refractivity contribution >= 4 is 119 Å². The van der Waals surface area contributed by atoms with E-state index in [0.717, 1.165) is 22.7 Å². The molecule has 0 saturated carbocycles. The van der Waals surface area contributed by atoms with Gasteiger partial charge in [-0.2, -0.15) is 0 Å². The van der Waals surface area contributed by atoms with Crippen LogP contribution in [0.4, 0.5) is 32.8 Å². The summed E-state index contributed by atoms with van der Waals surface area (Å²) in [7, 11) is 0. The Hall–Kier alpha value is -6.34. The number of benzene rings is 7. The molecule has 0 aliphatic carbocycles. The number of anilines is 6. The summed E-state index contributed by atoms with van der Waals surface area (Å²) >= 11 is 3.78. The molecule has 7 aromatic carbocycles. The van der Waals surface area contributed by atoms with Crippen molar-refractivity contribution in [3.05, 3.63) is 170 Å². The fourth-order valence-electron chi connectivity index (χ4n) is 9.28. The summed E-state index contributed by atoms with van der Waals surface area (Å²) in [6.45, 7) is 14.0. The monoisotopic (exact) mass is 814 g/mol. The number of nitrogens with zero attached hydrogens (tertiary/aromatic N) is 4. The van der Waals surface area contributed by atoms with Crippen LogP contribution in [-0.2, 0) is 11.1 Å². The SMILES string of the molecule is CC(C)(C)n1c2cc3c4sc(N(c5ccccc5)c5ccc6ccccc6c5)cc4n(C(C)(C)C)c3cc2c2sc(N(c3ccccc3)c3ccc4ccccc4c3)cc21. The fraction of sp³-hybridized carbons (Fsp3) is 0.148. The zero-order valence-electron chi connectivity index (χ0n) is 34.8. The van der Waals surface area contributed by atoms with Gasteiger partial charge in [0.25, 0.3) is 0 Å². The van der Waals surface area contributed by atoms with Crippen LogP contribution in [-0.4, -0.2) is 9.13 Å². The van der Waals surface area contributed by atoms with Crippen molar-refractivity contribution in [3.63, 3.8) is 0 Å². The molecule has 0 unspecified atom stereocenters. The summed E-state index contributed by atoms with van der Waals surface area (Å²) in [6.07, 6.45) is 0. The molecule has 11 aromatic rings. The van der Waals surface area contributed by atoms with Crippen LogP contribution in [0.15, 0.2) is 170 Å². The van der Waals surface area contributed by atoms with Crippen LogP contribution in [0.5, 0.6) is 0 Å². The molecular weight excluding hydrogens is 769 g/mol. The van der Waals surface area contributed by atoms with Crippen molar-refractivity contribution in [2.24, 2.45) is 0 Å². The van der Waals surface area contributed by atoms with Gasteiger partial charge in [-0.15, -0.1) is 22.7 Å². The van der Waals surface area contributed by atoms with Crippen LogP contribution < -0.4 is 9.80 Å². The molecule has 4 heterocycles. The van der Waals surface area contributed by atoms with E-state index in [1.54, 1.807) is 0 Å². The van der Waals surface area contributed by atoms with Crippen LogP contribution in [0.3, 0.4) is 0 Å².